The maximum Gasteiger partial charge on any atom is 0.244 e. The molecule has 1 aromatic heterocycles. The van der Waals surface area contributed by atoms with E-state index in [0.29, 0.717) is 12.6 Å². The third-order valence-electron chi connectivity index (χ3n) is 3.41. The Kier molecular flexibility index (Phi) is 4.20. The molecule has 0 aromatic carbocycles. The molecule has 4 nitrogen and oxygen atoms in total. The van der Waals surface area contributed by atoms with E-state index in [1.54, 1.807) is 10.9 Å². The van der Waals surface area contributed by atoms with Crippen LogP contribution >= 0.6 is 15.9 Å². The molecule has 1 saturated carbocycles. The molecule has 0 aliphatic heterocycles. The molecule has 94 valence electrons. The van der Waals surface area contributed by atoms with Crippen LogP contribution in [0.25, 0.3) is 0 Å². The largest absolute Gasteiger partial charge is 0.341 e. The average molecular weight is 300 g/mol. The zero-order valence-electron chi connectivity index (χ0n) is 10.1. The normalized spacial score (nSPS) is 17.1. The van der Waals surface area contributed by atoms with E-state index in [-0.39, 0.29) is 5.91 Å². The van der Waals surface area contributed by atoms with Gasteiger partial charge in [-0.2, -0.15) is 5.10 Å². The van der Waals surface area contributed by atoms with Gasteiger partial charge >= 0.3 is 0 Å². The first-order valence-electron chi connectivity index (χ1n) is 6.10. The molecule has 1 aliphatic rings. The smallest absolute Gasteiger partial charge is 0.244 e. The lowest BCUT2D eigenvalue weighted by Crippen LogP contribution is -2.40. The molecule has 5 heteroatoms. The number of aromatic nitrogens is 2. The highest BCUT2D eigenvalue weighted by molar-refractivity contribution is 9.10. The van der Waals surface area contributed by atoms with E-state index in [2.05, 4.69) is 21.0 Å². The average Bonchev–Trinajstić information content (AvgIpc) is 2.75. The van der Waals surface area contributed by atoms with Crippen molar-refractivity contribution in [2.24, 2.45) is 0 Å². The van der Waals surface area contributed by atoms with Crippen molar-refractivity contribution < 1.29 is 4.79 Å². The molecule has 0 spiro atoms. The van der Waals surface area contributed by atoms with Gasteiger partial charge in [0, 0.05) is 19.3 Å². The monoisotopic (exact) mass is 299 g/mol. The molecule has 17 heavy (non-hydrogen) atoms. The molecule has 2 rings (SSSR count). The fourth-order valence-electron chi connectivity index (χ4n) is 2.35. The molecule has 1 amide bonds. The Bertz CT molecular complexity index is 385. The molecule has 1 aliphatic carbocycles. The fraction of sp³-hybridized carbons (Fsp3) is 0.667. The van der Waals surface area contributed by atoms with E-state index in [1.807, 2.05) is 18.1 Å². The summed E-state index contributed by atoms with van der Waals surface area (Å²) >= 11 is 3.33. The third-order valence-corrected chi connectivity index (χ3v) is 3.82. The van der Waals surface area contributed by atoms with Crippen molar-refractivity contribution in [1.82, 2.24) is 14.7 Å². The van der Waals surface area contributed by atoms with Crippen LogP contribution in [-0.4, -0.2) is 33.7 Å². The number of rotatable bonds is 3. The van der Waals surface area contributed by atoms with Gasteiger partial charge in [-0.15, -0.1) is 0 Å². The van der Waals surface area contributed by atoms with Crippen molar-refractivity contribution in [2.45, 2.75) is 44.7 Å². The molecule has 1 aromatic rings. The van der Waals surface area contributed by atoms with E-state index in [0.717, 1.165) is 17.3 Å². The highest BCUT2D eigenvalue weighted by atomic mass is 79.9. The summed E-state index contributed by atoms with van der Waals surface area (Å²) in [5.74, 6) is 0.146. The van der Waals surface area contributed by atoms with Crippen LogP contribution in [-0.2, 0) is 11.3 Å². The van der Waals surface area contributed by atoms with E-state index in [1.165, 1.54) is 19.3 Å². The molecule has 0 saturated heterocycles. The summed E-state index contributed by atoms with van der Waals surface area (Å²) in [6.07, 6.45) is 9.62. The van der Waals surface area contributed by atoms with Gasteiger partial charge < -0.3 is 4.90 Å². The van der Waals surface area contributed by atoms with E-state index >= 15 is 0 Å². The minimum Gasteiger partial charge on any atom is -0.341 e. The van der Waals surface area contributed by atoms with Crippen LogP contribution in [0.4, 0.5) is 0 Å². The Morgan fingerprint density at radius 1 is 1.53 bits per heavy atom. The highest BCUT2D eigenvalue weighted by Gasteiger charge is 2.22. The third kappa shape index (κ3) is 3.31. The second kappa shape index (κ2) is 5.67. The number of hydrogen-bond donors (Lipinski definition) is 0. The lowest BCUT2D eigenvalue weighted by Gasteiger charge is -2.31. The van der Waals surface area contributed by atoms with Crippen LogP contribution in [0.1, 0.15) is 32.1 Å². The van der Waals surface area contributed by atoms with Gasteiger partial charge in [0.15, 0.2) is 0 Å². The van der Waals surface area contributed by atoms with Gasteiger partial charge in [-0.3, -0.25) is 9.48 Å². The van der Waals surface area contributed by atoms with E-state index in [4.69, 9.17) is 0 Å². The number of hydrogen-bond acceptors (Lipinski definition) is 2. The fourth-order valence-corrected chi connectivity index (χ4v) is 2.67. The van der Waals surface area contributed by atoms with E-state index in [9.17, 15) is 4.79 Å². The summed E-state index contributed by atoms with van der Waals surface area (Å²) in [4.78, 5) is 14.0. The van der Waals surface area contributed by atoms with Crippen LogP contribution in [0.3, 0.4) is 0 Å². The number of halogens is 1. The molecule has 1 heterocycles. The summed E-state index contributed by atoms with van der Waals surface area (Å²) in [5.41, 5.74) is 0. The maximum atomic E-state index is 12.1. The van der Waals surface area contributed by atoms with Crippen molar-refractivity contribution in [1.29, 1.82) is 0 Å². The molecule has 0 N–H and O–H groups in total. The predicted molar refractivity (Wildman–Crippen MR) is 69.6 cm³/mol. The van der Waals surface area contributed by atoms with Crippen LogP contribution in [0.2, 0.25) is 0 Å². The first-order chi connectivity index (χ1) is 8.16. The van der Waals surface area contributed by atoms with Gasteiger partial charge in [-0.05, 0) is 28.8 Å². The number of carbonyl (C=O) groups excluding carboxylic acids is 1. The van der Waals surface area contributed by atoms with Crippen molar-refractivity contribution in [3.8, 4) is 0 Å². The SMILES string of the molecule is CN(C(=O)Cn1cc(Br)cn1)C1CCCCC1. The van der Waals surface area contributed by atoms with Crippen LogP contribution in [0.15, 0.2) is 16.9 Å². The molecule has 1 fully saturated rings. The quantitative estimate of drug-likeness (QED) is 0.860. The topological polar surface area (TPSA) is 38.1 Å². The number of nitrogens with zero attached hydrogens (tertiary/aromatic N) is 3. The van der Waals surface area contributed by atoms with Gasteiger partial charge in [0.2, 0.25) is 5.91 Å². The van der Waals surface area contributed by atoms with Gasteiger partial charge in [-0.25, -0.2) is 0 Å². The van der Waals surface area contributed by atoms with Gasteiger partial charge in [0.1, 0.15) is 6.54 Å². The highest BCUT2D eigenvalue weighted by Crippen LogP contribution is 2.21. The molecule has 0 unspecified atom stereocenters. The van der Waals surface area contributed by atoms with E-state index < -0.39 is 0 Å². The van der Waals surface area contributed by atoms with Crippen LogP contribution in [0, 0.1) is 0 Å². The lowest BCUT2D eigenvalue weighted by molar-refractivity contribution is -0.133. The summed E-state index contributed by atoms with van der Waals surface area (Å²) < 4.78 is 2.58. The minimum absolute atomic E-state index is 0.146. The van der Waals surface area contributed by atoms with Crippen LogP contribution in [0.5, 0.6) is 0 Å². The maximum absolute atomic E-state index is 12.1. The summed E-state index contributed by atoms with van der Waals surface area (Å²) in [7, 11) is 1.91. The Hall–Kier alpha value is -0.840. The van der Waals surface area contributed by atoms with Gasteiger partial charge in [-0.1, -0.05) is 19.3 Å². The van der Waals surface area contributed by atoms with Crippen molar-refractivity contribution in [3.05, 3.63) is 16.9 Å². The first-order valence-corrected chi connectivity index (χ1v) is 6.90. The zero-order valence-corrected chi connectivity index (χ0v) is 11.7. The predicted octanol–water partition coefficient (Wildman–Crippen LogP) is 2.44. The summed E-state index contributed by atoms with van der Waals surface area (Å²) in [6.45, 7) is 0.332. The molecule has 0 bridgehead atoms. The summed E-state index contributed by atoms with van der Waals surface area (Å²) in [5, 5.41) is 4.11. The van der Waals surface area contributed by atoms with Crippen molar-refractivity contribution >= 4 is 21.8 Å². The minimum atomic E-state index is 0.146. The van der Waals surface area contributed by atoms with Gasteiger partial charge in [0.25, 0.3) is 0 Å². The molecular weight excluding hydrogens is 282 g/mol. The number of carbonyl (C=O) groups is 1. The lowest BCUT2D eigenvalue weighted by atomic mass is 9.94. The molecule has 0 atom stereocenters. The van der Waals surface area contributed by atoms with Crippen LogP contribution < -0.4 is 0 Å². The Morgan fingerprint density at radius 3 is 2.82 bits per heavy atom. The Balaban J connectivity index is 1.90. The standard InChI is InChI=1S/C12H18BrN3O/c1-15(11-5-3-2-4-6-11)12(17)9-16-8-10(13)7-14-16/h7-8,11H,2-6,9H2,1H3. The molecule has 0 radical (unpaired) electrons. The van der Waals surface area contributed by atoms with Crippen molar-refractivity contribution in [3.63, 3.8) is 0 Å². The number of amides is 1. The van der Waals surface area contributed by atoms with Gasteiger partial charge in [0.05, 0.1) is 10.7 Å². The summed E-state index contributed by atoms with van der Waals surface area (Å²) in [6, 6.07) is 0.426. The second-order valence-corrected chi connectivity index (χ2v) is 5.57. The Morgan fingerprint density at radius 2 is 2.24 bits per heavy atom. The first kappa shape index (κ1) is 12.6. The number of likely N-dealkylation sites (N-methyl/N-ethyl adjacent to an activating group) is 1. The second-order valence-electron chi connectivity index (χ2n) is 4.65. The zero-order chi connectivity index (χ0) is 12.3. The van der Waals surface area contributed by atoms with Crippen molar-refractivity contribution in [2.75, 3.05) is 7.05 Å². The molecular formula is C12H18BrN3O. The Labute approximate surface area is 110 Å².